The standard InChI is InChI=1S/C16H20O3/c1-11(2)10-19-16(18)12(3)9-14-7-5-6-8-15(14)13(4)17/h5-8,11H,3,9-10H2,1-2,4H3. The molecule has 1 rings (SSSR count). The van der Waals surface area contributed by atoms with Gasteiger partial charge in [-0.15, -0.1) is 0 Å². The van der Waals surface area contributed by atoms with Gasteiger partial charge in [0.2, 0.25) is 0 Å². The van der Waals surface area contributed by atoms with Crippen molar-refractivity contribution in [3.05, 3.63) is 47.5 Å². The molecule has 3 heteroatoms. The van der Waals surface area contributed by atoms with Gasteiger partial charge in [-0.3, -0.25) is 4.79 Å². The Hall–Kier alpha value is -1.90. The number of rotatable bonds is 6. The van der Waals surface area contributed by atoms with Crippen molar-refractivity contribution in [1.82, 2.24) is 0 Å². The van der Waals surface area contributed by atoms with E-state index in [4.69, 9.17) is 4.74 Å². The van der Waals surface area contributed by atoms with E-state index in [1.165, 1.54) is 6.92 Å². The van der Waals surface area contributed by atoms with Crippen molar-refractivity contribution in [2.24, 2.45) is 5.92 Å². The highest BCUT2D eigenvalue weighted by Crippen LogP contribution is 2.14. The molecule has 3 nitrogen and oxygen atoms in total. The number of ketones is 1. The van der Waals surface area contributed by atoms with Gasteiger partial charge in [0.15, 0.2) is 5.78 Å². The monoisotopic (exact) mass is 260 g/mol. The van der Waals surface area contributed by atoms with E-state index in [2.05, 4.69) is 6.58 Å². The van der Waals surface area contributed by atoms with E-state index in [-0.39, 0.29) is 5.78 Å². The Morgan fingerprint density at radius 3 is 2.47 bits per heavy atom. The van der Waals surface area contributed by atoms with Crippen LogP contribution >= 0.6 is 0 Å². The first kappa shape index (κ1) is 15.2. The molecule has 0 amide bonds. The first-order valence-electron chi connectivity index (χ1n) is 6.35. The van der Waals surface area contributed by atoms with Crippen LogP contribution in [0.2, 0.25) is 0 Å². The number of hydrogen-bond donors (Lipinski definition) is 0. The number of benzene rings is 1. The molecular weight excluding hydrogens is 240 g/mol. The fourth-order valence-corrected chi connectivity index (χ4v) is 1.66. The molecule has 1 aromatic rings. The molecule has 0 aliphatic carbocycles. The van der Waals surface area contributed by atoms with Crippen LogP contribution < -0.4 is 0 Å². The minimum atomic E-state index is -0.396. The van der Waals surface area contributed by atoms with Gasteiger partial charge in [-0.1, -0.05) is 44.7 Å². The van der Waals surface area contributed by atoms with Crippen LogP contribution in [-0.2, 0) is 16.0 Å². The van der Waals surface area contributed by atoms with Crippen LogP contribution in [0.25, 0.3) is 0 Å². The van der Waals surface area contributed by atoms with Crippen molar-refractivity contribution < 1.29 is 14.3 Å². The largest absolute Gasteiger partial charge is 0.462 e. The zero-order valence-electron chi connectivity index (χ0n) is 11.7. The summed E-state index contributed by atoms with van der Waals surface area (Å²) in [6.07, 6.45) is 0.340. The summed E-state index contributed by atoms with van der Waals surface area (Å²) in [7, 11) is 0. The van der Waals surface area contributed by atoms with Gasteiger partial charge in [-0.25, -0.2) is 4.79 Å². The zero-order chi connectivity index (χ0) is 14.4. The van der Waals surface area contributed by atoms with E-state index in [0.29, 0.717) is 30.1 Å². The van der Waals surface area contributed by atoms with E-state index in [9.17, 15) is 9.59 Å². The number of Topliss-reactive ketones (excluding diaryl/α,β-unsaturated/α-hetero) is 1. The topological polar surface area (TPSA) is 43.4 Å². The lowest BCUT2D eigenvalue weighted by Gasteiger charge is -2.10. The minimum absolute atomic E-state index is 0.0149. The van der Waals surface area contributed by atoms with Crippen LogP contribution in [-0.4, -0.2) is 18.4 Å². The van der Waals surface area contributed by atoms with E-state index < -0.39 is 5.97 Å². The van der Waals surface area contributed by atoms with Gasteiger partial charge in [0.1, 0.15) is 0 Å². The van der Waals surface area contributed by atoms with E-state index in [0.717, 1.165) is 5.56 Å². The van der Waals surface area contributed by atoms with Crippen LogP contribution in [0.5, 0.6) is 0 Å². The van der Waals surface area contributed by atoms with Crippen molar-refractivity contribution >= 4 is 11.8 Å². The number of carbonyl (C=O) groups is 2. The van der Waals surface area contributed by atoms with Crippen molar-refractivity contribution in [3.63, 3.8) is 0 Å². The minimum Gasteiger partial charge on any atom is -0.462 e. The molecule has 0 aliphatic heterocycles. The molecule has 0 fully saturated rings. The lowest BCUT2D eigenvalue weighted by atomic mass is 9.98. The van der Waals surface area contributed by atoms with Crippen LogP contribution in [0.1, 0.15) is 36.7 Å². The Morgan fingerprint density at radius 1 is 1.26 bits per heavy atom. The van der Waals surface area contributed by atoms with E-state index in [1.807, 2.05) is 26.0 Å². The summed E-state index contributed by atoms with van der Waals surface area (Å²) < 4.78 is 5.11. The summed E-state index contributed by atoms with van der Waals surface area (Å²) in [5, 5.41) is 0. The molecule has 0 saturated heterocycles. The molecule has 0 spiro atoms. The highest BCUT2D eigenvalue weighted by Gasteiger charge is 2.13. The third-order valence-electron chi connectivity index (χ3n) is 2.64. The van der Waals surface area contributed by atoms with Crippen LogP contribution in [0.15, 0.2) is 36.4 Å². The average Bonchev–Trinajstić information content (AvgIpc) is 2.36. The van der Waals surface area contributed by atoms with Crippen molar-refractivity contribution in [1.29, 1.82) is 0 Å². The van der Waals surface area contributed by atoms with Gasteiger partial charge in [0.25, 0.3) is 0 Å². The van der Waals surface area contributed by atoms with Crippen LogP contribution in [0, 0.1) is 5.92 Å². The van der Waals surface area contributed by atoms with E-state index >= 15 is 0 Å². The lowest BCUT2D eigenvalue weighted by Crippen LogP contribution is -2.13. The van der Waals surface area contributed by atoms with Gasteiger partial charge >= 0.3 is 5.97 Å². The van der Waals surface area contributed by atoms with Crippen LogP contribution in [0.4, 0.5) is 0 Å². The summed E-state index contributed by atoms with van der Waals surface area (Å²) in [6.45, 7) is 9.58. The number of carbonyl (C=O) groups excluding carboxylic acids is 2. The molecule has 0 unspecified atom stereocenters. The fraction of sp³-hybridized carbons (Fsp3) is 0.375. The molecule has 19 heavy (non-hydrogen) atoms. The summed E-state index contributed by atoms with van der Waals surface area (Å²) in [5.41, 5.74) is 1.80. The van der Waals surface area contributed by atoms with Crippen molar-refractivity contribution in [3.8, 4) is 0 Å². The first-order valence-corrected chi connectivity index (χ1v) is 6.35. The number of hydrogen-bond acceptors (Lipinski definition) is 3. The Bertz CT molecular complexity index is 487. The Balaban J connectivity index is 2.72. The van der Waals surface area contributed by atoms with E-state index in [1.54, 1.807) is 12.1 Å². The van der Waals surface area contributed by atoms with Gasteiger partial charge in [-0.05, 0) is 18.4 Å². The Kier molecular flexibility index (Phi) is 5.49. The molecule has 1 aromatic carbocycles. The smallest absolute Gasteiger partial charge is 0.333 e. The first-order chi connectivity index (χ1) is 8.91. The molecule has 0 N–H and O–H groups in total. The van der Waals surface area contributed by atoms with Gasteiger partial charge < -0.3 is 4.74 Å². The molecule has 0 aliphatic rings. The second-order valence-electron chi connectivity index (χ2n) is 4.99. The summed E-state index contributed by atoms with van der Waals surface area (Å²) >= 11 is 0. The van der Waals surface area contributed by atoms with Crippen LogP contribution in [0.3, 0.4) is 0 Å². The quantitative estimate of drug-likeness (QED) is 0.448. The van der Waals surface area contributed by atoms with Gasteiger partial charge in [0.05, 0.1) is 6.61 Å². The Labute approximate surface area is 114 Å². The highest BCUT2D eigenvalue weighted by molar-refractivity contribution is 5.96. The second-order valence-corrected chi connectivity index (χ2v) is 4.99. The molecule has 0 aromatic heterocycles. The van der Waals surface area contributed by atoms with Crippen molar-refractivity contribution in [2.45, 2.75) is 27.2 Å². The fourth-order valence-electron chi connectivity index (χ4n) is 1.66. The molecule has 0 atom stereocenters. The average molecular weight is 260 g/mol. The van der Waals surface area contributed by atoms with Gasteiger partial charge in [0, 0.05) is 17.6 Å². The number of ether oxygens (including phenoxy) is 1. The highest BCUT2D eigenvalue weighted by atomic mass is 16.5. The zero-order valence-corrected chi connectivity index (χ0v) is 11.7. The second kappa shape index (κ2) is 6.88. The molecule has 0 bridgehead atoms. The lowest BCUT2D eigenvalue weighted by molar-refractivity contribution is -0.140. The molecule has 102 valence electrons. The molecule has 0 heterocycles. The SMILES string of the molecule is C=C(Cc1ccccc1C(C)=O)C(=O)OCC(C)C. The van der Waals surface area contributed by atoms with Crippen molar-refractivity contribution in [2.75, 3.05) is 6.61 Å². The molecule has 0 radical (unpaired) electrons. The predicted octanol–water partition coefficient (Wildman–Crippen LogP) is 3.19. The Morgan fingerprint density at radius 2 is 1.89 bits per heavy atom. The third-order valence-corrected chi connectivity index (χ3v) is 2.64. The summed E-state index contributed by atoms with van der Waals surface area (Å²) in [4.78, 5) is 23.2. The van der Waals surface area contributed by atoms with Gasteiger partial charge in [-0.2, -0.15) is 0 Å². The summed E-state index contributed by atoms with van der Waals surface area (Å²) in [5.74, 6) is -0.118. The maximum atomic E-state index is 11.7. The number of esters is 1. The third kappa shape index (κ3) is 4.70. The maximum Gasteiger partial charge on any atom is 0.333 e. The maximum absolute atomic E-state index is 11.7. The normalized spacial score (nSPS) is 10.3. The summed E-state index contributed by atoms with van der Waals surface area (Å²) in [6, 6.07) is 7.23. The molecule has 0 saturated carbocycles. The molecular formula is C16H20O3. The predicted molar refractivity (Wildman–Crippen MR) is 75.1 cm³/mol.